The topological polar surface area (TPSA) is 60.9 Å². The summed E-state index contributed by atoms with van der Waals surface area (Å²) in [6.07, 6.45) is 0.318. The zero-order valence-electron chi connectivity index (χ0n) is 9.31. The fraction of sp³-hybridized carbons (Fsp3) is 0.333. The Morgan fingerprint density at radius 1 is 1.44 bits per heavy atom. The second kappa shape index (κ2) is 4.45. The summed E-state index contributed by atoms with van der Waals surface area (Å²) in [6.45, 7) is 2.94. The molecule has 0 fully saturated rings. The molecule has 2 rings (SSSR count). The molecule has 1 heterocycles. The number of benzene rings is 1. The third-order valence-electron chi connectivity index (χ3n) is 2.63. The van der Waals surface area contributed by atoms with Gasteiger partial charge in [0.25, 0.3) is 0 Å². The first-order valence-corrected chi connectivity index (χ1v) is 5.42. The zero-order valence-corrected chi connectivity index (χ0v) is 9.31. The van der Waals surface area contributed by atoms with Gasteiger partial charge in [-0.15, -0.1) is 0 Å². The third-order valence-corrected chi connectivity index (χ3v) is 2.63. The molecule has 0 aliphatic rings. The summed E-state index contributed by atoms with van der Waals surface area (Å²) < 4.78 is 2.06. The second-order valence-corrected chi connectivity index (χ2v) is 3.68. The third kappa shape index (κ3) is 1.84. The number of para-hydroxylation sites is 2. The number of ketones is 1. The highest BCUT2D eigenvalue weighted by atomic mass is 16.1. The maximum atomic E-state index is 11.3. The molecular formula is C12H15N3O. The Hall–Kier alpha value is -1.68. The van der Waals surface area contributed by atoms with Crippen LogP contribution in [0, 0.1) is 0 Å². The zero-order chi connectivity index (χ0) is 11.5. The molecule has 0 radical (unpaired) electrons. The Balaban J connectivity index is 2.48. The average Bonchev–Trinajstić information content (AvgIpc) is 2.65. The number of nitrogens with zero attached hydrogens (tertiary/aromatic N) is 2. The molecule has 0 amide bonds. The van der Waals surface area contributed by atoms with Gasteiger partial charge >= 0.3 is 0 Å². The van der Waals surface area contributed by atoms with E-state index in [9.17, 15) is 4.79 Å². The Morgan fingerprint density at radius 2 is 2.19 bits per heavy atom. The minimum Gasteiger partial charge on any atom is -0.328 e. The summed E-state index contributed by atoms with van der Waals surface area (Å²) >= 11 is 0. The lowest BCUT2D eigenvalue weighted by Crippen LogP contribution is -2.18. The smallest absolute Gasteiger partial charge is 0.153 e. The normalized spacial score (nSPS) is 10.9. The lowest BCUT2D eigenvalue weighted by atomic mass is 10.2. The van der Waals surface area contributed by atoms with Gasteiger partial charge < -0.3 is 10.3 Å². The van der Waals surface area contributed by atoms with E-state index in [0.29, 0.717) is 6.42 Å². The molecule has 4 nitrogen and oxygen atoms in total. The molecular weight excluding hydrogens is 202 g/mol. The summed E-state index contributed by atoms with van der Waals surface area (Å²) in [4.78, 5) is 15.8. The van der Waals surface area contributed by atoms with Crippen LogP contribution in [0.1, 0.15) is 12.7 Å². The summed E-state index contributed by atoms with van der Waals surface area (Å²) in [5, 5.41) is 0. The van der Waals surface area contributed by atoms with Crippen LogP contribution in [0.3, 0.4) is 0 Å². The van der Waals surface area contributed by atoms with Crippen LogP contribution in [0.15, 0.2) is 24.3 Å². The van der Waals surface area contributed by atoms with E-state index >= 15 is 0 Å². The van der Waals surface area contributed by atoms with Crippen molar-refractivity contribution in [3.8, 4) is 0 Å². The second-order valence-electron chi connectivity index (χ2n) is 3.68. The van der Waals surface area contributed by atoms with Gasteiger partial charge in [0.2, 0.25) is 0 Å². The molecule has 0 spiro atoms. The molecule has 0 saturated heterocycles. The van der Waals surface area contributed by atoms with Crippen LogP contribution in [0.25, 0.3) is 11.0 Å². The lowest BCUT2D eigenvalue weighted by molar-refractivity contribution is -0.117. The number of fused-ring (bicyclic) bond motifs is 1. The van der Waals surface area contributed by atoms with Crippen LogP contribution in [-0.4, -0.2) is 21.9 Å². The lowest BCUT2D eigenvalue weighted by Gasteiger charge is -2.04. The maximum Gasteiger partial charge on any atom is 0.153 e. The molecule has 4 heteroatoms. The number of carbonyl (C=O) groups excluding carboxylic acids is 1. The van der Waals surface area contributed by atoms with Crippen LogP contribution in [0.4, 0.5) is 0 Å². The van der Waals surface area contributed by atoms with Crippen LogP contribution >= 0.6 is 0 Å². The fourth-order valence-electron chi connectivity index (χ4n) is 1.86. The predicted octanol–water partition coefficient (Wildman–Crippen LogP) is 1.13. The van der Waals surface area contributed by atoms with E-state index in [0.717, 1.165) is 23.4 Å². The molecule has 84 valence electrons. The van der Waals surface area contributed by atoms with E-state index in [1.807, 2.05) is 31.2 Å². The van der Waals surface area contributed by atoms with Crippen LogP contribution < -0.4 is 5.73 Å². The van der Waals surface area contributed by atoms with Crippen molar-refractivity contribution in [1.82, 2.24) is 9.55 Å². The van der Waals surface area contributed by atoms with Gasteiger partial charge in [-0.2, -0.15) is 0 Å². The quantitative estimate of drug-likeness (QED) is 0.835. The molecule has 0 aliphatic carbocycles. The number of carbonyl (C=O) groups is 1. The van der Waals surface area contributed by atoms with E-state index in [1.165, 1.54) is 0 Å². The Bertz CT molecular complexity index is 516. The molecule has 0 unspecified atom stereocenters. The molecule has 16 heavy (non-hydrogen) atoms. The van der Waals surface area contributed by atoms with Gasteiger partial charge in [0.15, 0.2) is 5.78 Å². The number of aromatic nitrogens is 2. The van der Waals surface area contributed by atoms with Gasteiger partial charge in [-0.25, -0.2) is 4.98 Å². The molecule has 1 aromatic carbocycles. The Morgan fingerprint density at radius 3 is 2.88 bits per heavy atom. The van der Waals surface area contributed by atoms with E-state index in [2.05, 4.69) is 9.55 Å². The number of Topliss-reactive ketones (excluding diaryl/α,β-unsaturated/α-hetero) is 1. The van der Waals surface area contributed by atoms with Crippen LogP contribution in [0.5, 0.6) is 0 Å². The van der Waals surface area contributed by atoms with Crippen LogP contribution in [-0.2, 0) is 17.8 Å². The first kappa shape index (κ1) is 10.8. The maximum absolute atomic E-state index is 11.3. The predicted molar refractivity (Wildman–Crippen MR) is 63.2 cm³/mol. The largest absolute Gasteiger partial charge is 0.328 e. The Labute approximate surface area is 94.1 Å². The van der Waals surface area contributed by atoms with Gasteiger partial charge in [-0.05, 0) is 19.1 Å². The highest BCUT2D eigenvalue weighted by Gasteiger charge is 2.11. The van der Waals surface area contributed by atoms with Crippen molar-refractivity contribution in [2.75, 3.05) is 6.54 Å². The number of hydrogen-bond donors (Lipinski definition) is 1. The van der Waals surface area contributed by atoms with Crippen molar-refractivity contribution in [3.63, 3.8) is 0 Å². The van der Waals surface area contributed by atoms with Gasteiger partial charge in [-0.1, -0.05) is 12.1 Å². The van der Waals surface area contributed by atoms with Crippen molar-refractivity contribution >= 4 is 16.8 Å². The first-order chi connectivity index (χ1) is 7.76. The summed E-state index contributed by atoms with van der Waals surface area (Å²) in [7, 11) is 0. The summed E-state index contributed by atoms with van der Waals surface area (Å²) in [5.74, 6) is 0.823. The summed E-state index contributed by atoms with van der Waals surface area (Å²) in [5.41, 5.74) is 7.33. The SMILES string of the molecule is CCn1c(CC(=O)CN)nc2ccccc21. The van der Waals surface area contributed by atoms with E-state index in [4.69, 9.17) is 5.73 Å². The van der Waals surface area contributed by atoms with Crippen molar-refractivity contribution in [3.05, 3.63) is 30.1 Å². The number of nitrogens with two attached hydrogens (primary N) is 1. The minimum absolute atomic E-state index is 0.0185. The van der Waals surface area contributed by atoms with Gasteiger partial charge in [-0.3, -0.25) is 4.79 Å². The monoisotopic (exact) mass is 217 g/mol. The molecule has 0 aliphatic heterocycles. The van der Waals surface area contributed by atoms with Gasteiger partial charge in [0.05, 0.1) is 24.0 Å². The standard InChI is InChI=1S/C12H15N3O/c1-2-15-11-6-4-3-5-10(11)14-12(15)7-9(16)8-13/h3-6H,2,7-8,13H2,1H3. The Kier molecular flexibility index (Phi) is 3.01. The number of hydrogen-bond acceptors (Lipinski definition) is 3. The van der Waals surface area contributed by atoms with Crippen LogP contribution in [0.2, 0.25) is 0 Å². The molecule has 0 saturated carbocycles. The van der Waals surface area contributed by atoms with Crippen molar-refractivity contribution in [1.29, 1.82) is 0 Å². The highest BCUT2D eigenvalue weighted by Crippen LogP contribution is 2.16. The molecule has 2 aromatic rings. The van der Waals surface area contributed by atoms with Gasteiger partial charge in [0.1, 0.15) is 5.82 Å². The fourth-order valence-corrected chi connectivity index (χ4v) is 1.86. The van der Waals surface area contributed by atoms with Crippen molar-refractivity contribution in [2.45, 2.75) is 19.9 Å². The van der Waals surface area contributed by atoms with Gasteiger partial charge in [0, 0.05) is 6.54 Å². The molecule has 1 aromatic heterocycles. The van der Waals surface area contributed by atoms with E-state index in [-0.39, 0.29) is 12.3 Å². The highest BCUT2D eigenvalue weighted by molar-refractivity contribution is 5.83. The molecule has 0 atom stereocenters. The van der Waals surface area contributed by atoms with Crippen molar-refractivity contribution in [2.24, 2.45) is 5.73 Å². The molecule has 0 bridgehead atoms. The molecule has 2 N–H and O–H groups in total. The number of aryl methyl sites for hydroxylation is 1. The number of rotatable bonds is 4. The van der Waals surface area contributed by atoms with E-state index < -0.39 is 0 Å². The average molecular weight is 217 g/mol. The summed E-state index contributed by atoms with van der Waals surface area (Å²) in [6, 6.07) is 7.90. The minimum atomic E-state index is 0.0185. The first-order valence-electron chi connectivity index (χ1n) is 5.42. The van der Waals surface area contributed by atoms with Crippen molar-refractivity contribution < 1.29 is 4.79 Å². The van der Waals surface area contributed by atoms with E-state index in [1.54, 1.807) is 0 Å². The number of imidazole rings is 1.